The number of nitrogens with one attached hydrogen (secondary N) is 1. The number of hydrogen-bond acceptors (Lipinski definition) is 4. The number of amides is 2. The molecule has 1 fully saturated rings. The van der Waals surface area contributed by atoms with Gasteiger partial charge < -0.3 is 4.74 Å². The van der Waals surface area contributed by atoms with Gasteiger partial charge in [-0.25, -0.2) is 0 Å². The molecule has 3 rings (SSSR count). The second-order valence-electron chi connectivity index (χ2n) is 6.47. The molecule has 0 aromatic heterocycles. The van der Waals surface area contributed by atoms with Crippen LogP contribution < -0.4 is 10.1 Å². The Hall–Kier alpha value is -2.27. The van der Waals surface area contributed by atoms with Crippen LogP contribution in [0, 0.1) is 13.8 Å². The van der Waals surface area contributed by atoms with E-state index in [-0.39, 0.29) is 11.1 Å². The summed E-state index contributed by atoms with van der Waals surface area (Å²) in [4.78, 5) is 23.9. The fraction of sp³-hybridized carbons (Fsp3) is 0.300. The van der Waals surface area contributed by atoms with E-state index in [9.17, 15) is 9.59 Å². The highest BCUT2D eigenvalue weighted by atomic mass is 32.2. The molecule has 0 radical (unpaired) electrons. The van der Waals surface area contributed by atoms with Crippen LogP contribution >= 0.6 is 11.8 Å². The zero-order valence-corrected chi connectivity index (χ0v) is 15.6. The van der Waals surface area contributed by atoms with Crippen molar-refractivity contribution in [3.8, 4) is 11.5 Å². The molecule has 130 valence electrons. The van der Waals surface area contributed by atoms with Gasteiger partial charge in [0.1, 0.15) is 16.2 Å². The van der Waals surface area contributed by atoms with Crippen molar-refractivity contribution in [3.05, 3.63) is 58.7 Å². The summed E-state index contributed by atoms with van der Waals surface area (Å²) in [5.74, 6) is 1.26. The largest absolute Gasteiger partial charge is 0.457 e. The molecule has 5 heteroatoms. The number of ether oxygens (including phenoxy) is 1. The van der Waals surface area contributed by atoms with Gasteiger partial charge in [0.25, 0.3) is 5.24 Å². The summed E-state index contributed by atoms with van der Waals surface area (Å²) in [7, 11) is 0. The van der Waals surface area contributed by atoms with Crippen molar-refractivity contribution in [2.45, 2.75) is 38.9 Å². The molecule has 1 N–H and O–H groups in total. The van der Waals surface area contributed by atoms with E-state index in [1.165, 1.54) is 0 Å². The van der Waals surface area contributed by atoms with Gasteiger partial charge in [-0.1, -0.05) is 19.1 Å². The maximum absolute atomic E-state index is 12.2. The SMILES string of the molecule is CCc1cc(Oc2cc(C)cc(C)c2)ccc1C1(C)SC(=O)NC1=O. The first-order chi connectivity index (χ1) is 11.8. The van der Waals surface area contributed by atoms with E-state index in [1.54, 1.807) is 6.92 Å². The van der Waals surface area contributed by atoms with Gasteiger partial charge in [0.05, 0.1) is 0 Å². The van der Waals surface area contributed by atoms with Gasteiger partial charge in [0, 0.05) is 0 Å². The predicted molar refractivity (Wildman–Crippen MR) is 100 cm³/mol. The summed E-state index contributed by atoms with van der Waals surface area (Å²) in [6.45, 7) is 7.89. The van der Waals surface area contributed by atoms with Crippen LogP contribution in [-0.2, 0) is 16.0 Å². The fourth-order valence-corrected chi connectivity index (χ4v) is 4.13. The first-order valence-electron chi connectivity index (χ1n) is 8.26. The molecule has 2 aromatic rings. The Morgan fingerprint density at radius 2 is 1.72 bits per heavy atom. The summed E-state index contributed by atoms with van der Waals surface area (Å²) in [6, 6.07) is 11.8. The molecule has 1 aliphatic rings. The van der Waals surface area contributed by atoms with Gasteiger partial charge in [-0.15, -0.1) is 0 Å². The molecule has 0 spiro atoms. The topological polar surface area (TPSA) is 55.4 Å². The zero-order valence-electron chi connectivity index (χ0n) is 14.8. The lowest BCUT2D eigenvalue weighted by atomic mass is 9.92. The molecule has 2 aromatic carbocycles. The van der Waals surface area contributed by atoms with E-state index in [1.807, 2.05) is 51.1 Å². The lowest BCUT2D eigenvalue weighted by molar-refractivity contribution is -0.121. The number of hydrogen-bond donors (Lipinski definition) is 1. The molecule has 4 nitrogen and oxygen atoms in total. The minimum atomic E-state index is -0.888. The molecule has 0 aliphatic carbocycles. The predicted octanol–water partition coefficient (Wildman–Crippen LogP) is 4.86. The van der Waals surface area contributed by atoms with Crippen LogP contribution in [0.15, 0.2) is 36.4 Å². The Bertz CT molecular complexity index is 842. The second kappa shape index (κ2) is 6.56. The number of carbonyl (C=O) groups is 2. The van der Waals surface area contributed by atoms with E-state index >= 15 is 0 Å². The number of thioether (sulfide) groups is 1. The van der Waals surface area contributed by atoms with Crippen molar-refractivity contribution in [2.75, 3.05) is 0 Å². The lowest BCUT2D eigenvalue weighted by Crippen LogP contribution is -2.32. The second-order valence-corrected chi connectivity index (χ2v) is 7.87. The molecule has 1 atom stereocenters. The molecule has 2 amide bonds. The highest BCUT2D eigenvalue weighted by Gasteiger charge is 2.46. The standard InChI is InChI=1S/C20H21NO3S/c1-5-14-11-15(24-16-9-12(2)8-13(3)10-16)6-7-17(14)20(4)18(22)21-19(23)25-20/h6-11H,5H2,1-4H3,(H,21,22,23). The van der Waals surface area contributed by atoms with Crippen LogP contribution in [-0.4, -0.2) is 11.1 Å². The molecule has 0 bridgehead atoms. The number of imide groups is 1. The molecule has 25 heavy (non-hydrogen) atoms. The van der Waals surface area contributed by atoms with Gasteiger partial charge in [-0.3, -0.25) is 14.9 Å². The highest BCUT2D eigenvalue weighted by molar-refractivity contribution is 8.15. The van der Waals surface area contributed by atoms with E-state index in [0.29, 0.717) is 0 Å². The van der Waals surface area contributed by atoms with Gasteiger partial charge in [0.2, 0.25) is 5.91 Å². The Morgan fingerprint density at radius 3 is 2.28 bits per heavy atom. The Morgan fingerprint density at radius 1 is 1.04 bits per heavy atom. The molecular formula is C20H21NO3S. The molecule has 1 unspecified atom stereocenters. The molecule has 1 aliphatic heterocycles. The first kappa shape index (κ1) is 17.5. The maximum atomic E-state index is 12.2. The molecule has 0 saturated carbocycles. The smallest absolute Gasteiger partial charge is 0.287 e. The van der Waals surface area contributed by atoms with Crippen LogP contribution in [0.1, 0.15) is 36.1 Å². The van der Waals surface area contributed by atoms with Crippen molar-refractivity contribution in [1.82, 2.24) is 5.32 Å². The number of benzene rings is 2. The quantitative estimate of drug-likeness (QED) is 0.851. The summed E-state index contributed by atoms with van der Waals surface area (Å²) in [5.41, 5.74) is 4.15. The minimum Gasteiger partial charge on any atom is -0.457 e. The van der Waals surface area contributed by atoms with Crippen LogP contribution in [0.2, 0.25) is 0 Å². The molecule has 1 heterocycles. The van der Waals surface area contributed by atoms with Crippen molar-refractivity contribution in [2.24, 2.45) is 0 Å². The third kappa shape index (κ3) is 3.42. The molecular weight excluding hydrogens is 334 g/mol. The number of rotatable bonds is 4. The Labute approximate surface area is 152 Å². The van der Waals surface area contributed by atoms with E-state index in [4.69, 9.17) is 4.74 Å². The monoisotopic (exact) mass is 355 g/mol. The van der Waals surface area contributed by atoms with Gasteiger partial charge in [-0.2, -0.15) is 0 Å². The Kier molecular flexibility index (Phi) is 4.60. The Balaban J connectivity index is 1.95. The summed E-state index contributed by atoms with van der Waals surface area (Å²) < 4.78 is 5.12. The maximum Gasteiger partial charge on any atom is 0.287 e. The highest BCUT2D eigenvalue weighted by Crippen LogP contribution is 2.43. The third-order valence-electron chi connectivity index (χ3n) is 4.35. The fourth-order valence-electron chi connectivity index (χ4n) is 3.17. The van der Waals surface area contributed by atoms with Crippen LogP contribution in [0.5, 0.6) is 11.5 Å². The summed E-state index contributed by atoms with van der Waals surface area (Å²) in [5, 5.41) is 2.08. The first-order valence-corrected chi connectivity index (χ1v) is 9.07. The average molecular weight is 355 g/mol. The normalized spacial score (nSPS) is 19.8. The van der Waals surface area contributed by atoms with Crippen LogP contribution in [0.4, 0.5) is 4.79 Å². The van der Waals surface area contributed by atoms with Crippen molar-refractivity contribution < 1.29 is 14.3 Å². The average Bonchev–Trinajstić information content (AvgIpc) is 2.79. The van der Waals surface area contributed by atoms with Crippen molar-refractivity contribution in [1.29, 1.82) is 0 Å². The van der Waals surface area contributed by atoms with Crippen molar-refractivity contribution in [3.63, 3.8) is 0 Å². The van der Waals surface area contributed by atoms with Gasteiger partial charge in [-0.05, 0) is 85.5 Å². The van der Waals surface area contributed by atoms with Crippen LogP contribution in [0.3, 0.4) is 0 Å². The third-order valence-corrected chi connectivity index (χ3v) is 5.45. The van der Waals surface area contributed by atoms with Gasteiger partial charge in [0.15, 0.2) is 0 Å². The summed E-state index contributed by atoms with van der Waals surface area (Å²) in [6.07, 6.45) is 0.747. The van der Waals surface area contributed by atoms with E-state index in [0.717, 1.165) is 51.9 Å². The number of carbonyl (C=O) groups excluding carboxylic acids is 2. The number of aryl methyl sites for hydroxylation is 3. The van der Waals surface area contributed by atoms with Crippen molar-refractivity contribution >= 4 is 22.9 Å². The van der Waals surface area contributed by atoms with Crippen LogP contribution in [0.25, 0.3) is 0 Å². The van der Waals surface area contributed by atoms with E-state index < -0.39 is 4.75 Å². The van der Waals surface area contributed by atoms with E-state index in [2.05, 4.69) is 11.4 Å². The zero-order chi connectivity index (χ0) is 18.2. The minimum absolute atomic E-state index is 0.264. The molecule has 1 saturated heterocycles. The summed E-state index contributed by atoms with van der Waals surface area (Å²) >= 11 is 1.03. The van der Waals surface area contributed by atoms with Gasteiger partial charge >= 0.3 is 0 Å². The lowest BCUT2D eigenvalue weighted by Gasteiger charge is -2.23.